The van der Waals surface area contributed by atoms with E-state index in [2.05, 4.69) is 12.2 Å². The van der Waals surface area contributed by atoms with Gasteiger partial charge in [-0.25, -0.2) is 4.79 Å². The van der Waals surface area contributed by atoms with Crippen LogP contribution < -0.4 is 5.32 Å². The van der Waals surface area contributed by atoms with Crippen molar-refractivity contribution in [1.82, 2.24) is 5.32 Å². The molecule has 0 aromatic rings. The van der Waals surface area contributed by atoms with E-state index in [1.165, 1.54) is 0 Å². The van der Waals surface area contributed by atoms with Crippen molar-refractivity contribution in [1.29, 1.82) is 0 Å². The zero-order chi connectivity index (χ0) is 16.3. The Bertz CT molecular complexity index is 390. The highest BCUT2D eigenvalue weighted by Crippen LogP contribution is 2.47. The molecule has 0 aromatic heterocycles. The largest absolute Gasteiger partial charge is 0.481 e. The summed E-state index contributed by atoms with van der Waals surface area (Å²) in [5, 5.41) is 12.2. The van der Waals surface area contributed by atoms with Crippen LogP contribution in [0.1, 0.15) is 66.7 Å². The van der Waals surface area contributed by atoms with Crippen molar-refractivity contribution in [3.05, 3.63) is 0 Å². The van der Waals surface area contributed by atoms with E-state index in [-0.39, 0.29) is 5.41 Å². The Morgan fingerprint density at radius 2 is 1.71 bits per heavy atom. The molecule has 2 N–H and O–H groups in total. The number of ether oxygens (including phenoxy) is 1. The lowest BCUT2D eigenvalue weighted by molar-refractivity contribution is -0.152. The number of hydrogen-bond acceptors (Lipinski definition) is 3. The number of carboxylic acids is 1. The number of carbonyl (C=O) groups excluding carboxylic acids is 1. The van der Waals surface area contributed by atoms with Gasteiger partial charge < -0.3 is 15.2 Å². The first kappa shape index (κ1) is 17.8. The topological polar surface area (TPSA) is 75.6 Å². The van der Waals surface area contributed by atoms with Crippen LogP contribution in [0.15, 0.2) is 0 Å². The zero-order valence-corrected chi connectivity index (χ0v) is 13.9. The second kappa shape index (κ2) is 6.24. The number of rotatable bonds is 4. The van der Waals surface area contributed by atoms with Crippen molar-refractivity contribution in [3.63, 3.8) is 0 Å². The lowest BCUT2D eigenvalue weighted by atomic mass is 9.63. The Morgan fingerprint density at radius 1 is 1.19 bits per heavy atom. The molecule has 0 aliphatic heterocycles. The maximum Gasteiger partial charge on any atom is 0.407 e. The lowest BCUT2D eigenvalue weighted by Gasteiger charge is -2.42. The molecule has 0 unspecified atom stereocenters. The van der Waals surface area contributed by atoms with Gasteiger partial charge in [-0.1, -0.05) is 13.8 Å². The molecule has 0 atom stereocenters. The zero-order valence-electron chi connectivity index (χ0n) is 13.9. The van der Waals surface area contributed by atoms with Crippen LogP contribution in [0, 0.1) is 10.8 Å². The molecule has 0 heterocycles. The molecule has 122 valence electrons. The van der Waals surface area contributed by atoms with Crippen molar-refractivity contribution >= 4 is 12.1 Å². The molecule has 1 aliphatic rings. The molecule has 21 heavy (non-hydrogen) atoms. The second-order valence-corrected chi connectivity index (χ2v) is 7.61. The highest BCUT2D eigenvalue weighted by molar-refractivity contribution is 5.74. The van der Waals surface area contributed by atoms with Gasteiger partial charge in [0.1, 0.15) is 5.60 Å². The summed E-state index contributed by atoms with van der Waals surface area (Å²) < 4.78 is 5.23. The number of amides is 1. The van der Waals surface area contributed by atoms with Gasteiger partial charge in [0.15, 0.2) is 0 Å². The van der Waals surface area contributed by atoms with Gasteiger partial charge in [0.05, 0.1) is 5.41 Å². The predicted octanol–water partition coefficient (Wildman–Crippen LogP) is 3.57. The molecular weight excluding hydrogens is 270 g/mol. The van der Waals surface area contributed by atoms with Crippen molar-refractivity contribution in [2.75, 3.05) is 6.54 Å². The SMILES string of the molecule is CCC1(C(=O)O)CCC(C)(CNC(=O)OC(C)(C)C)CC1. The Labute approximate surface area is 127 Å². The summed E-state index contributed by atoms with van der Waals surface area (Å²) in [5.74, 6) is -0.688. The number of nitrogens with one attached hydrogen (secondary N) is 1. The molecule has 1 fully saturated rings. The van der Waals surface area contributed by atoms with Crippen LogP contribution in [0.4, 0.5) is 4.79 Å². The van der Waals surface area contributed by atoms with Crippen LogP contribution in [0.3, 0.4) is 0 Å². The monoisotopic (exact) mass is 299 g/mol. The Morgan fingerprint density at radius 3 is 2.10 bits per heavy atom. The minimum absolute atomic E-state index is 0.0506. The smallest absolute Gasteiger partial charge is 0.407 e. The summed E-state index contributed by atoms with van der Waals surface area (Å²) in [6.07, 6.45) is 3.22. The van der Waals surface area contributed by atoms with Crippen molar-refractivity contribution in [3.8, 4) is 0 Å². The van der Waals surface area contributed by atoms with E-state index in [4.69, 9.17) is 4.74 Å². The van der Waals surface area contributed by atoms with E-state index in [1.807, 2.05) is 27.7 Å². The normalized spacial score (nSPS) is 29.8. The Balaban J connectivity index is 2.51. The summed E-state index contributed by atoms with van der Waals surface area (Å²) in [6, 6.07) is 0. The van der Waals surface area contributed by atoms with Crippen molar-refractivity contribution in [2.24, 2.45) is 10.8 Å². The fraction of sp³-hybridized carbons (Fsp3) is 0.875. The van der Waals surface area contributed by atoms with Gasteiger partial charge in [0.25, 0.3) is 0 Å². The molecule has 0 aromatic carbocycles. The highest BCUT2D eigenvalue weighted by atomic mass is 16.6. The van der Waals surface area contributed by atoms with Crippen LogP contribution in [0.5, 0.6) is 0 Å². The molecule has 0 saturated heterocycles. The minimum atomic E-state index is -0.688. The van der Waals surface area contributed by atoms with Crippen LogP contribution in [0.2, 0.25) is 0 Å². The van der Waals surface area contributed by atoms with Crippen LogP contribution in [-0.4, -0.2) is 29.3 Å². The number of carboxylic acid groups (broad SMARTS) is 1. The third-order valence-electron chi connectivity index (χ3n) is 4.60. The molecule has 5 nitrogen and oxygen atoms in total. The molecule has 0 radical (unpaired) electrons. The minimum Gasteiger partial charge on any atom is -0.481 e. The summed E-state index contributed by atoms with van der Waals surface area (Å²) >= 11 is 0. The third kappa shape index (κ3) is 4.90. The van der Waals surface area contributed by atoms with Gasteiger partial charge >= 0.3 is 12.1 Å². The number of alkyl carbamates (subject to hydrolysis) is 1. The van der Waals surface area contributed by atoms with E-state index in [1.54, 1.807) is 0 Å². The molecule has 0 bridgehead atoms. The summed E-state index contributed by atoms with van der Waals surface area (Å²) in [7, 11) is 0. The molecule has 1 saturated carbocycles. The second-order valence-electron chi connectivity index (χ2n) is 7.61. The maximum atomic E-state index is 11.7. The fourth-order valence-electron chi connectivity index (χ4n) is 2.83. The number of hydrogen-bond donors (Lipinski definition) is 2. The molecule has 5 heteroatoms. The summed E-state index contributed by atoms with van der Waals surface area (Å²) in [5.41, 5.74) is -1.13. The lowest BCUT2D eigenvalue weighted by Crippen LogP contribution is -2.44. The summed E-state index contributed by atoms with van der Waals surface area (Å²) in [4.78, 5) is 23.2. The van der Waals surface area contributed by atoms with Crippen molar-refractivity contribution in [2.45, 2.75) is 72.3 Å². The van der Waals surface area contributed by atoms with E-state index < -0.39 is 23.1 Å². The Hall–Kier alpha value is -1.26. The number of aliphatic carboxylic acids is 1. The highest BCUT2D eigenvalue weighted by Gasteiger charge is 2.44. The standard InChI is InChI=1S/C16H29NO4/c1-6-16(12(18)19)9-7-15(5,8-10-16)11-17-13(20)21-14(2,3)4/h6-11H2,1-5H3,(H,17,20)(H,18,19). The molecule has 1 rings (SSSR count). The van der Waals surface area contributed by atoms with Gasteiger partial charge in [-0.2, -0.15) is 0 Å². The Kier molecular flexibility index (Phi) is 5.29. The predicted molar refractivity (Wildman–Crippen MR) is 81.2 cm³/mol. The van der Waals surface area contributed by atoms with E-state index in [0.29, 0.717) is 25.8 Å². The van der Waals surface area contributed by atoms with Gasteiger partial charge in [-0.3, -0.25) is 4.79 Å². The van der Waals surface area contributed by atoms with E-state index >= 15 is 0 Å². The molecule has 1 aliphatic carbocycles. The quantitative estimate of drug-likeness (QED) is 0.832. The van der Waals surface area contributed by atoms with Crippen molar-refractivity contribution < 1.29 is 19.4 Å². The molecule has 0 spiro atoms. The van der Waals surface area contributed by atoms with Crippen LogP contribution in [0.25, 0.3) is 0 Å². The first-order valence-corrected chi connectivity index (χ1v) is 7.72. The third-order valence-corrected chi connectivity index (χ3v) is 4.60. The van der Waals surface area contributed by atoms with E-state index in [0.717, 1.165) is 12.8 Å². The average molecular weight is 299 g/mol. The molecular formula is C16H29NO4. The fourth-order valence-corrected chi connectivity index (χ4v) is 2.83. The number of carbonyl (C=O) groups is 2. The first-order valence-electron chi connectivity index (χ1n) is 7.72. The van der Waals surface area contributed by atoms with Crippen LogP contribution in [-0.2, 0) is 9.53 Å². The average Bonchev–Trinajstić information content (AvgIpc) is 2.36. The first-order chi connectivity index (χ1) is 9.52. The van der Waals surface area contributed by atoms with Gasteiger partial charge in [-0.05, 0) is 58.3 Å². The van der Waals surface area contributed by atoms with Gasteiger partial charge in [-0.15, -0.1) is 0 Å². The van der Waals surface area contributed by atoms with Crippen LogP contribution >= 0.6 is 0 Å². The van der Waals surface area contributed by atoms with Gasteiger partial charge in [0, 0.05) is 6.54 Å². The molecule has 1 amide bonds. The van der Waals surface area contributed by atoms with Gasteiger partial charge in [0.2, 0.25) is 0 Å². The maximum absolute atomic E-state index is 11.7. The summed E-state index contributed by atoms with van der Waals surface area (Å²) in [6.45, 7) is 10.1. The van der Waals surface area contributed by atoms with E-state index in [9.17, 15) is 14.7 Å².